The second-order valence-electron chi connectivity index (χ2n) is 7.50. The number of carbonyl (C=O) groups excluding carboxylic acids is 1. The number of nitrogens with two attached hydrogens (primary N) is 1. The minimum absolute atomic E-state index is 0.0640. The maximum absolute atomic E-state index is 13.0. The molecule has 1 unspecified atom stereocenters. The number of rotatable bonds is 8. The molecule has 0 bridgehead atoms. The van der Waals surface area contributed by atoms with Gasteiger partial charge in [0.25, 0.3) is 5.91 Å². The van der Waals surface area contributed by atoms with E-state index < -0.39 is 29.6 Å². The highest BCUT2D eigenvalue weighted by molar-refractivity contribution is 6.33. The average Bonchev–Trinajstić information content (AvgIpc) is 3.34. The lowest BCUT2D eigenvalue weighted by Gasteiger charge is -2.15. The summed E-state index contributed by atoms with van der Waals surface area (Å²) in [6, 6.07) is 7.63. The number of anilines is 4. The maximum atomic E-state index is 13.0. The van der Waals surface area contributed by atoms with Crippen molar-refractivity contribution in [3.63, 3.8) is 0 Å². The minimum Gasteiger partial charge on any atom is -0.398 e. The van der Waals surface area contributed by atoms with Crippen molar-refractivity contribution < 1.29 is 27.6 Å². The number of aliphatic hydroxyl groups is 1. The monoisotopic (exact) mass is 534 g/mol. The number of pyridine rings is 1. The van der Waals surface area contributed by atoms with Gasteiger partial charge in [0.05, 0.1) is 11.3 Å². The van der Waals surface area contributed by atoms with Crippen molar-refractivity contribution in [1.82, 2.24) is 25.4 Å². The lowest BCUT2D eigenvalue weighted by Crippen LogP contribution is -2.22. The molecule has 15 heteroatoms. The minimum atomic E-state index is -4.68. The number of hydrogen-bond acceptors (Lipinski definition) is 10. The van der Waals surface area contributed by atoms with E-state index in [-0.39, 0.29) is 40.2 Å². The summed E-state index contributed by atoms with van der Waals surface area (Å²) in [5, 5.41) is 22.3. The molecule has 0 saturated carbocycles. The smallest absolute Gasteiger partial charge is 0.398 e. The van der Waals surface area contributed by atoms with E-state index in [9.17, 15) is 23.1 Å². The summed E-state index contributed by atoms with van der Waals surface area (Å²) < 4.78 is 44.1. The fraction of sp³-hybridized carbons (Fsp3) is 0.136. The van der Waals surface area contributed by atoms with E-state index in [1.54, 1.807) is 24.5 Å². The molecule has 3 heterocycles. The van der Waals surface area contributed by atoms with Gasteiger partial charge in [-0.15, -0.1) is 0 Å². The lowest BCUT2D eigenvalue weighted by atomic mass is 10.1. The van der Waals surface area contributed by atoms with E-state index in [1.807, 2.05) is 0 Å². The Morgan fingerprint density at radius 2 is 1.89 bits per heavy atom. The zero-order chi connectivity index (χ0) is 26.6. The standard InChI is InChI=1S/C22H18ClF3N8O3/c23-17-18(30-10-31-19(17)32-11-3-5-28-6-4-11)21(36)29-9-13-8-16(37-34-13)20(35)33-12-1-2-15(27)14(7-12)22(24,25)26/h1-8,10,21,29,36H,9,27H2,(H,33,35)(H,28,30,31,32). The van der Waals surface area contributed by atoms with Gasteiger partial charge in [-0.25, -0.2) is 9.97 Å². The third-order valence-corrected chi connectivity index (χ3v) is 5.27. The highest BCUT2D eigenvalue weighted by Crippen LogP contribution is 2.35. The van der Waals surface area contributed by atoms with Crippen molar-refractivity contribution >= 4 is 40.4 Å². The number of alkyl halides is 3. The van der Waals surface area contributed by atoms with Crippen LogP contribution in [0.3, 0.4) is 0 Å². The molecule has 0 spiro atoms. The van der Waals surface area contributed by atoms with Crippen LogP contribution in [0, 0.1) is 0 Å². The third-order valence-electron chi connectivity index (χ3n) is 4.89. The molecular weight excluding hydrogens is 517 g/mol. The van der Waals surface area contributed by atoms with Crippen LogP contribution in [0.5, 0.6) is 0 Å². The van der Waals surface area contributed by atoms with Gasteiger partial charge < -0.3 is 26.0 Å². The number of aromatic nitrogens is 4. The molecule has 0 radical (unpaired) electrons. The summed E-state index contributed by atoms with van der Waals surface area (Å²) in [6.45, 7) is -0.0640. The summed E-state index contributed by atoms with van der Waals surface area (Å²) in [7, 11) is 0. The Hall–Kier alpha value is -4.27. The molecule has 11 nitrogen and oxygen atoms in total. The molecule has 4 aromatic rings. The Morgan fingerprint density at radius 1 is 1.14 bits per heavy atom. The topological polar surface area (TPSA) is 164 Å². The van der Waals surface area contributed by atoms with Crippen molar-refractivity contribution in [2.45, 2.75) is 18.9 Å². The van der Waals surface area contributed by atoms with E-state index in [1.165, 1.54) is 18.5 Å². The Balaban J connectivity index is 1.38. The predicted octanol–water partition coefficient (Wildman–Crippen LogP) is 3.89. The van der Waals surface area contributed by atoms with E-state index in [2.05, 4.69) is 36.1 Å². The molecule has 1 aromatic carbocycles. The first-order valence-electron chi connectivity index (χ1n) is 10.4. The van der Waals surface area contributed by atoms with Gasteiger partial charge in [0, 0.05) is 42.1 Å². The second kappa shape index (κ2) is 10.8. The normalized spacial score (nSPS) is 12.2. The van der Waals surface area contributed by atoms with Gasteiger partial charge in [0.15, 0.2) is 5.82 Å². The zero-order valence-corrected chi connectivity index (χ0v) is 19.4. The number of benzene rings is 1. The molecule has 0 aliphatic carbocycles. The first-order chi connectivity index (χ1) is 17.6. The van der Waals surface area contributed by atoms with E-state index >= 15 is 0 Å². The van der Waals surface area contributed by atoms with Crippen LogP contribution >= 0.6 is 11.6 Å². The van der Waals surface area contributed by atoms with Gasteiger partial charge in [0.1, 0.15) is 23.3 Å². The SMILES string of the molecule is Nc1ccc(NC(=O)c2cc(CNC(O)c3ncnc(Nc4ccncc4)c3Cl)no2)cc1C(F)(F)F. The molecule has 0 aliphatic heterocycles. The van der Waals surface area contributed by atoms with Crippen LogP contribution in [0.4, 0.5) is 36.1 Å². The van der Waals surface area contributed by atoms with Crippen LogP contribution in [0.1, 0.15) is 33.7 Å². The van der Waals surface area contributed by atoms with Crippen LogP contribution in [-0.2, 0) is 12.7 Å². The number of halogens is 4. The van der Waals surface area contributed by atoms with Crippen LogP contribution in [0.25, 0.3) is 0 Å². The Bertz CT molecular complexity index is 1400. The number of nitrogen functional groups attached to an aromatic ring is 1. The molecular formula is C22H18ClF3N8O3. The van der Waals surface area contributed by atoms with Gasteiger partial charge in [0.2, 0.25) is 5.76 Å². The van der Waals surface area contributed by atoms with Crippen LogP contribution in [0.15, 0.2) is 59.6 Å². The van der Waals surface area contributed by atoms with Crippen molar-refractivity contribution in [2.24, 2.45) is 0 Å². The maximum Gasteiger partial charge on any atom is 0.418 e. The van der Waals surface area contributed by atoms with Gasteiger partial charge >= 0.3 is 6.18 Å². The number of aliphatic hydroxyl groups excluding tert-OH is 1. The molecule has 0 saturated heterocycles. The second-order valence-corrected chi connectivity index (χ2v) is 7.88. The number of nitrogens with zero attached hydrogens (tertiary/aromatic N) is 4. The van der Waals surface area contributed by atoms with Crippen LogP contribution in [-0.4, -0.2) is 31.1 Å². The summed E-state index contributed by atoms with van der Waals surface area (Å²) in [6.07, 6.45) is -1.64. The van der Waals surface area contributed by atoms with Gasteiger partial charge in [-0.1, -0.05) is 16.8 Å². The first kappa shape index (κ1) is 25.8. The molecule has 1 atom stereocenters. The van der Waals surface area contributed by atoms with Crippen LogP contribution in [0.2, 0.25) is 5.02 Å². The molecule has 192 valence electrons. The predicted molar refractivity (Wildman–Crippen MR) is 127 cm³/mol. The molecule has 37 heavy (non-hydrogen) atoms. The third kappa shape index (κ3) is 6.30. The highest BCUT2D eigenvalue weighted by Gasteiger charge is 2.33. The molecule has 1 amide bonds. The first-order valence-corrected chi connectivity index (χ1v) is 10.8. The number of hydrogen-bond donors (Lipinski definition) is 5. The van der Waals surface area contributed by atoms with Crippen molar-refractivity contribution in [2.75, 3.05) is 16.4 Å². The van der Waals surface area contributed by atoms with E-state index in [0.717, 1.165) is 6.07 Å². The summed E-state index contributed by atoms with van der Waals surface area (Å²) >= 11 is 6.34. The summed E-state index contributed by atoms with van der Waals surface area (Å²) in [5.74, 6) is -0.834. The van der Waals surface area contributed by atoms with Gasteiger partial charge in [-0.3, -0.25) is 15.1 Å². The Morgan fingerprint density at radius 3 is 2.62 bits per heavy atom. The molecule has 6 N–H and O–H groups in total. The Labute approximate surface area is 211 Å². The highest BCUT2D eigenvalue weighted by atomic mass is 35.5. The van der Waals surface area contributed by atoms with Crippen molar-refractivity contribution in [1.29, 1.82) is 0 Å². The van der Waals surface area contributed by atoms with Crippen molar-refractivity contribution in [3.8, 4) is 0 Å². The molecule has 0 aliphatic rings. The van der Waals surface area contributed by atoms with Gasteiger partial charge in [-0.05, 0) is 30.3 Å². The number of amides is 1. The molecule has 4 rings (SSSR count). The summed E-state index contributed by atoms with van der Waals surface area (Å²) in [4.78, 5) is 24.4. The fourth-order valence-corrected chi connectivity index (χ4v) is 3.35. The van der Waals surface area contributed by atoms with Crippen LogP contribution < -0.4 is 21.7 Å². The number of nitrogens with one attached hydrogen (secondary N) is 3. The average molecular weight is 535 g/mol. The van der Waals surface area contributed by atoms with E-state index in [4.69, 9.17) is 21.9 Å². The Kier molecular flexibility index (Phi) is 7.52. The molecule has 3 aromatic heterocycles. The fourth-order valence-electron chi connectivity index (χ4n) is 3.11. The summed E-state index contributed by atoms with van der Waals surface area (Å²) in [5.41, 5.74) is 4.65. The van der Waals surface area contributed by atoms with Gasteiger partial charge in [-0.2, -0.15) is 13.2 Å². The zero-order valence-electron chi connectivity index (χ0n) is 18.6. The van der Waals surface area contributed by atoms with Crippen molar-refractivity contribution in [3.05, 3.63) is 82.9 Å². The number of carbonyl (C=O) groups is 1. The van der Waals surface area contributed by atoms with E-state index in [0.29, 0.717) is 11.8 Å². The quantitative estimate of drug-likeness (QED) is 0.165. The molecule has 0 fully saturated rings. The lowest BCUT2D eigenvalue weighted by molar-refractivity contribution is -0.136. The largest absolute Gasteiger partial charge is 0.418 e.